The lowest BCUT2D eigenvalue weighted by atomic mass is 9.61. The van der Waals surface area contributed by atoms with Crippen molar-refractivity contribution in [1.29, 1.82) is 0 Å². The number of hydrogen-bond acceptors (Lipinski definition) is 2. The Balaban J connectivity index is 1.89. The second-order valence-corrected chi connectivity index (χ2v) is 7.79. The first-order valence-electron chi connectivity index (χ1n) is 9.90. The fourth-order valence-corrected chi connectivity index (χ4v) is 5.14. The molecule has 0 bridgehead atoms. The lowest BCUT2D eigenvalue weighted by Crippen LogP contribution is -2.46. The molecule has 0 unspecified atom stereocenters. The van der Waals surface area contributed by atoms with Crippen LogP contribution in [-0.2, 0) is 5.60 Å². The maximum Gasteiger partial charge on any atom is 0.116 e. The van der Waals surface area contributed by atoms with E-state index in [0.29, 0.717) is 0 Å². The van der Waals surface area contributed by atoms with Gasteiger partial charge < -0.3 is 10.2 Å². The van der Waals surface area contributed by atoms with Crippen molar-refractivity contribution >= 4 is 0 Å². The summed E-state index contributed by atoms with van der Waals surface area (Å²) >= 11 is 0. The Morgan fingerprint density at radius 1 is 0.846 bits per heavy atom. The quantitative estimate of drug-likeness (QED) is 0.772. The third-order valence-corrected chi connectivity index (χ3v) is 6.42. The average molecular weight is 348 g/mol. The smallest absolute Gasteiger partial charge is 0.116 e. The Morgan fingerprint density at radius 2 is 1.50 bits per heavy atom. The molecular formula is C24H28O2. The third kappa shape index (κ3) is 2.91. The van der Waals surface area contributed by atoms with Crippen LogP contribution in [0.5, 0.6) is 0 Å². The molecule has 2 nitrogen and oxygen atoms in total. The molecule has 0 aliphatic heterocycles. The monoisotopic (exact) mass is 348 g/mol. The van der Waals surface area contributed by atoms with Gasteiger partial charge in [-0.25, -0.2) is 0 Å². The lowest BCUT2D eigenvalue weighted by Gasteiger charge is -2.47. The minimum atomic E-state index is -1.07. The van der Waals surface area contributed by atoms with Crippen LogP contribution >= 0.6 is 0 Å². The van der Waals surface area contributed by atoms with Gasteiger partial charge in [0.15, 0.2) is 0 Å². The van der Waals surface area contributed by atoms with Crippen LogP contribution in [0.3, 0.4) is 0 Å². The molecular weight excluding hydrogens is 320 g/mol. The Labute approximate surface area is 156 Å². The van der Waals surface area contributed by atoms with Crippen molar-refractivity contribution in [2.75, 3.05) is 6.61 Å². The molecule has 0 spiro atoms. The van der Waals surface area contributed by atoms with Gasteiger partial charge in [0.2, 0.25) is 0 Å². The van der Waals surface area contributed by atoms with Crippen LogP contribution in [0.1, 0.15) is 55.6 Å². The zero-order valence-electron chi connectivity index (χ0n) is 15.3. The number of rotatable bonds is 3. The summed E-state index contributed by atoms with van der Waals surface area (Å²) in [5.74, 6) is -0.0765. The van der Waals surface area contributed by atoms with E-state index in [2.05, 4.69) is 24.3 Å². The molecule has 2 aliphatic rings. The molecule has 0 saturated carbocycles. The maximum absolute atomic E-state index is 12.1. The number of benzene rings is 2. The Bertz CT molecular complexity index is 765. The van der Waals surface area contributed by atoms with Gasteiger partial charge in [-0.15, -0.1) is 0 Å². The fraction of sp³-hybridized carbons (Fsp3) is 0.417. The molecule has 0 heterocycles. The zero-order chi connectivity index (χ0) is 18.0. The molecule has 26 heavy (non-hydrogen) atoms. The van der Waals surface area contributed by atoms with Crippen molar-refractivity contribution < 1.29 is 10.2 Å². The molecule has 4 rings (SSSR count). The van der Waals surface area contributed by atoms with Crippen molar-refractivity contribution in [3.8, 4) is 0 Å². The molecule has 2 aliphatic carbocycles. The highest BCUT2D eigenvalue weighted by atomic mass is 16.3. The molecule has 0 fully saturated rings. The minimum Gasteiger partial charge on any atom is -0.396 e. The second kappa shape index (κ2) is 7.38. The summed E-state index contributed by atoms with van der Waals surface area (Å²) in [5.41, 5.74) is 3.68. The summed E-state index contributed by atoms with van der Waals surface area (Å²) < 4.78 is 0. The van der Waals surface area contributed by atoms with Gasteiger partial charge in [0, 0.05) is 12.5 Å². The Kier molecular flexibility index (Phi) is 4.97. The van der Waals surface area contributed by atoms with Crippen LogP contribution in [0.25, 0.3) is 0 Å². The molecule has 2 N–H and O–H groups in total. The van der Waals surface area contributed by atoms with E-state index in [4.69, 9.17) is 0 Å². The molecule has 3 atom stereocenters. The Morgan fingerprint density at radius 3 is 2.19 bits per heavy atom. The summed E-state index contributed by atoms with van der Waals surface area (Å²) in [4.78, 5) is 0. The van der Waals surface area contributed by atoms with E-state index in [1.165, 1.54) is 29.6 Å². The highest BCUT2D eigenvalue weighted by molar-refractivity contribution is 5.43. The van der Waals surface area contributed by atoms with Gasteiger partial charge in [-0.2, -0.15) is 0 Å². The predicted octanol–water partition coefficient (Wildman–Crippen LogP) is 4.93. The summed E-state index contributed by atoms with van der Waals surface area (Å²) in [6.07, 6.45) is 6.53. The predicted molar refractivity (Wildman–Crippen MR) is 105 cm³/mol. The first-order chi connectivity index (χ1) is 12.7. The summed E-state index contributed by atoms with van der Waals surface area (Å²) in [5, 5.41) is 22.5. The van der Waals surface area contributed by atoms with E-state index in [1.807, 2.05) is 36.4 Å². The third-order valence-electron chi connectivity index (χ3n) is 6.42. The van der Waals surface area contributed by atoms with Crippen molar-refractivity contribution in [1.82, 2.24) is 0 Å². The van der Waals surface area contributed by atoms with Crippen LogP contribution in [0.2, 0.25) is 0 Å². The first-order valence-corrected chi connectivity index (χ1v) is 9.90. The molecule has 0 aromatic heterocycles. The highest BCUT2D eigenvalue weighted by Crippen LogP contribution is 2.54. The molecule has 136 valence electrons. The molecule has 2 aromatic rings. The van der Waals surface area contributed by atoms with E-state index in [0.717, 1.165) is 31.2 Å². The van der Waals surface area contributed by atoms with Gasteiger partial charge in [0.1, 0.15) is 5.60 Å². The van der Waals surface area contributed by atoms with Gasteiger partial charge in [-0.3, -0.25) is 0 Å². The van der Waals surface area contributed by atoms with Crippen molar-refractivity contribution in [2.45, 2.75) is 50.0 Å². The van der Waals surface area contributed by atoms with E-state index >= 15 is 0 Å². The van der Waals surface area contributed by atoms with Crippen LogP contribution in [-0.4, -0.2) is 16.8 Å². The fourth-order valence-electron chi connectivity index (χ4n) is 5.14. The number of hydrogen-bond donors (Lipinski definition) is 2. The van der Waals surface area contributed by atoms with Gasteiger partial charge in [-0.05, 0) is 54.7 Å². The second-order valence-electron chi connectivity index (χ2n) is 7.79. The first kappa shape index (κ1) is 17.5. The van der Waals surface area contributed by atoms with E-state index < -0.39 is 5.60 Å². The topological polar surface area (TPSA) is 40.5 Å². The lowest BCUT2D eigenvalue weighted by molar-refractivity contribution is -0.0372. The number of aliphatic hydroxyl groups excluding tert-OH is 1. The largest absolute Gasteiger partial charge is 0.396 e. The maximum atomic E-state index is 12.1. The van der Waals surface area contributed by atoms with Crippen molar-refractivity contribution in [3.05, 3.63) is 82.9 Å². The van der Waals surface area contributed by atoms with Gasteiger partial charge in [0.25, 0.3) is 0 Å². The van der Waals surface area contributed by atoms with Crippen LogP contribution in [0, 0.1) is 5.92 Å². The molecule has 0 radical (unpaired) electrons. The summed E-state index contributed by atoms with van der Waals surface area (Å²) in [6, 6.07) is 20.4. The van der Waals surface area contributed by atoms with Gasteiger partial charge >= 0.3 is 0 Å². The minimum absolute atomic E-state index is 0.0122. The van der Waals surface area contributed by atoms with E-state index in [-0.39, 0.29) is 18.4 Å². The SMILES string of the molecule is OC[C@H]1[C@H](c2ccccc2)CC2=C(CCCCC2)[C@]1(O)c1ccccc1. The van der Waals surface area contributed by atoms with E-state index in [9.17, 15) is 10.2 Å². The molecule has 2 heteroatoms. The summed E-state index contributed by atoms with van der Waals surface area (Å²) in [6.45, 7) is -0.0122. The molecule has 2 aromatic carbocycles. The van der Waals surface area contributed by atoms with Crippen LogP contribution < -0.4 is 0 Å². The zero-order valence-corrected chi connectivity index (χ0v) is 15.3. The molecule has 0 saturated heterocycles. The summed E-state index contributed by atoms with van der Waals surface area (Å²) in [7, 11) is 0. The van der Waals surface area contributed by atoms with Gasteiger partial charge in [0.05, 0.1) is 0 Å². The van der Waals surface area contributed by atoms with Crippen LogP contribution in [0.4, 0.5) is 0 Å². The molecule has 0 amide bonds. The van der Waals surface area contributed by atoms with Gasteiger partial charge in [-0.1, -0.05) is 72.7 Å². The normalized spacial score (nSPS) is 29.2. The number of allylic oxidation sites excluding steroid dienone is 1. The highest BCUT2D eigenvalue weighted by Gasteiger charge is 2.49. The van der Waals surface area contributed by atoms with Crippen LogP contribution in [0.15, 0.2) is 71.8 Å². The number of aliphatic hydroxyl groups is 2. The van der Waals surface area contributed by atoms with E-state index in [1.54, 1.807) is 0 Å². The average Bonchev–Trinajstić information content (AvgIpc) is 2.95. The van der Waals surface area contributed by atoms with Crippen molar-refractivity contribution in [2.24, 2.45) is 5.92 Å². The Hall–Kier alpha value is -1.90. The van der Waals surface area contributed by atoms with Crippen molar-refractivity contribution in [3.63, 3.8) is 0 Å². The standard InChI is InChI=1S/C24H28O2/c25-17-23-21(18-10-4-1-5-11-18)16-19-12-6-2-9-15-22(19)24(23,26)20-13-7-3-8-14-20/h1,3-5,7-8,10-11,13-14,21,23,25-26H,2,6,9,12,15-17H2/t21-,23-,24+/m0/s1.